The van der Waals surface area contributed by atoms with Gasteiger partial charge in [-0.3, -0.25) is 9.36 Å². The molecule has 138 valence electrons. The van der Waals surface area contributed by atoms with Crippen molar-refractivity contribution in [2.24, 2.45) is 0 Å². The standard InChI is InChI=1S/C18H20ClN3O4/c1-18(2)9-12(17(25)26)22-13(18)14(19)21-15(16(22)24)20-8-7-10-3-5-11(23)6-4-10/h3-6,12,23H,7-9H2,1-2H3,(H,20,21)(H,25,26)/t12-/m0/s1. The lowest BCUT2D eigenvalue weighted by molar-refractivity contribution is -0.140. The predicted octanol–water partition coefficient (Wildman–Crippen LogP) is 2.56. The van der Waals surface area contributed by atoms with E-state index >= 15 is 0 Å². The normalized spacial score (nSPS) is 17.7. The molecule has 0 bridgehead atoms. The van der Waals surface area contributed by atoms with Crippen LogP contribution in [0.5, 0.6) is 5.75 Å². The number of carbonyl (C=O) groups is 1. The summed E-state index contributed by atoms with van der Waals surface area (Å²) in [5.74, 6) is -0.827. The fourth-order valence-corrected chi connectivity index (χ4v) is 3.82. The van der Waals surface area contributed by atoms with Crippen LogP contribution in [0.2, 0.25) is 5.15 Å². The van der Waals surface area contributed by atoms with E-state index in [0.717, 1.165) is 5.56 Å². The molecule has 3 N–H and O–H groups in total. The van der Waals surface area contributed by atoms with Gasteiger partial charge in [0.2, 0.25) is 0 Å². The molecule has 0 saturated heterocycles. The van der Waals surface area contributed by atoms with Gasteiger partial charge in [-0.15, -0.1) is 0 Å². The number of phenolic OH excluding ortho intramolecular Hbond substituents is 1. The van der Waals surface area contributed by atoms with Gasteiger partial charge in [-0.2, -0.15) is 0 Å². The maximum Gasteiger partial charge on any atom is 0.326 e. The van der Waals surface area contributed by atoms with Crippen LogP contribution in [-0.4, -0.2) is 32.3 Å². The molecule has 2 heterocycles. The van der Waals surface area contributed by atoms with Gasteiger partial charge in [0.1, 0.15) is 11.8 Å². The lowest BCUT2D eigenvalue weighted by atomic mass is 9.87. The number of carboxylic acids is 1. The van der Waals surface area contributed by atoms with Gasteiger partial charge in [-0.05, 0) is 30.5 Å². The SMILES string of the molecule is CC1(C)C[C@@H](C(=O)O)n2c1c(Cl)nc(NCCc1ccc(O)cc1)c2=O. The molecule has 8 heteroatoms. The van der Waals surface area contributed by atoms with Crippen LogP contribution in [0.4, 0.5) is 5.82 Å². The molecule has 3 rings (SSSR count). The molecule has 1 atom stereocenters. The number of rotatable bonds is 5. The molecule has 0 spiro atoms. The quantitative estimate of drug-likeness (QED) is 0.739. The second kappa shape index (κ2) is 6.64. The molecule has 1 aliphatic heterocycles. The maximum absolute atomic E-state index is 12.8. The fourth-order valence-electron chi connectivity index (χ4n) is 3.39. The number of phenols is 1. The summed E-state index contributed by atoms with van der Waals surface area (Å²) >= 11 is 6.28. The number of nitrogens with zero attached hydrogens (tertiary/aromatic N) is 2. The Morgan fingerprint density at radius 1 is 1.38 bits per heavy atom. The van der Waals surface area contributed by atoms with E-state index in [2.05, 4.69) is 10.3 Å². The number of aromatic hydroxyl groups is 1. The van der Waals surface area contributed by atoms with Crippen LogP contribution in [-0.2, 0) is 16.6 Å². The third-order valence-corrected chi connectivity index (χ3v) is 4.92. The summed E-state index contributed by atoms with van der Waals surface area (Å²) in [7, 11) is 0. The van der Waals surface area contributed by atoms with Gasteiger partial charge in [0.15, 0.2) is 11.0 Å². The monoisotopic (exact) mass is 377 g/mol. The van der Waals surface area contributed by atoms with Crippen molar-refractivity contribution in [3.63, 3.8) is 0 Å². The molecule has 0 saturated carbocycles. The van der Waals surface area contributed by atoms with Crippen LogP contribution in [0.1, 0.15) is 37.6 Å². The molecule has 7 nitrogen and oxygen atoms in total. The van der Waals surface area contributed by atoms with Gasteiger partial charge in [-0.1, -0.05) is 37.6 Å². The molecule has 0 radical (unpaired) electrons. The summed E-state index contributed by atoms with van der Waals surface area (Å²) in [5.41, 5.74) is 0.414. The fraction of sp³-hybridized carbons (Fsp3) is 0.389. The molecule has 2 aromatic rings. The molecule has 0 amide bonds. The van der Waals surface area contributed by atoms with Crippen molar-refractivity contribution in [2.45, 2.75) is 38.1 Å². The minimum Gasteiger partial charge on any atom is -0.508 e. The summed E-state index contributed by atoms with van der Waals surface area (Å²) < 4.78 is 1.25. The molecule has 1 aliphatic rings. The summed E-state index contributed by atoms with van der Waals surface area (Å²) in [5, 5.41) is 21.9. The number of hydrogen-bond acceptors (Lipinski definition) is 5. The van der Waals surface area contributed by atoms with Crippen LogP contribution in [0.25, 0.3) is 0 Å². The smallest absolute Gasteiger partial charge is 0.326 e. The summed E-state index contributed by atoms with van der Waals surface area (Å²) in [6.07, 6.45) is 0.893. The number of hydrogen-bond donors (Lipinski definition) is 3. The summed E-state index contributed by atoms with van der Waals surface area (Å²) in [4.78, 5) is 28.5. The van der Waals surface area contributed by atoms with Crippen molar-refractivity contribution in [1.82, 2.24) is 9.55 Å². The van der Waals surface area contributed by atoms with Crippen molar-refractivity contribution in [3.05, 3.63) is 51.0 Å². The first-order chi connectivity index (χ1) is 12.2. The molecule has 0 fully saturated rings. The Hall–Kier alpha value is -2.54. The second-order valence-electron chi connectivity index (χ2n) is 7.06. The van der Waals surface area contributed by atoms with Crippen LogP contribution in [0.3, 0.4) is 0 Å². The molecule has 1 aromatic heterocycles. The number of fused-ring (bicyclic) bond motifs is 1. The minimum absolute atomic E-state index is 0.0430. The van der Waals surface area contributed by atoms with E-state index in [0.29, 0.717) is 18.7 Å². The zero-order chi connectivity index (χ0) is 19.1. The molecule has 26 heavy (non-hydrogen) atoms. The zero-order valence-electron chi connectivity index (χ0n) is 14.5. The highest BCUT2D eigenvalue weighted by molar-refractivity contribution is 6.30. The number of carboxylic acid groups (broad SMARTS) is 1. The molecular formula is C18H20ClN3O4. The van der Waals surface area contributed by atoms with E-state index in [4.69, 9.17) is 11.6 Å². The summed E-state index contributed by atoms with van der Waals surface area (Å²) in [6.45, 7) is 4.13. The Balaban J connectivity index is 1.87. The van der Waals surface area contributed by atoms with Crippen LogP contribution >= 0.6 is 11.6 Å². The number of nitrogens with one attached hydrogen (secondary N) is 1. The van der Waals surface area contributed by atoms with E-state index in [9.17, 15) is 19.8 Å². The van der Waals surface area contributed by atoms with Gasteiger partial charge in [0.25, 0.3) is 5.56 Å². The average molecular weight is 378 g/mol. The van der Waals surface area contributed by atoms with Gasteiger partial charge < -0.3 is 15.5 Å². The zero-order valence-corrected chi connectivity index (χ0v) is 15.2. The Kier molecular flexibility index (Phi) is 4.66. The molecule has 0 aliphatic carbocycles. The number of aromatic nitrogens is 2. The van der Waals surface area contributed by atoms with Crippen molar-refractivity contribution < 1.29 is 15.0 Å². The van der Waals surface area contributed by atoms with Crippen molar-refractivity contribution in [3.8, 4) is 5.75 Å². The second-order valence-corrected chi connectivity index (χ2v) is 7.42. The predicted molar refractivity (Wildman–Crippen MR) is 98.1 cm³/mol. The number of benzene rings is 1. The number of halogens is 1. The average Bonchev–Trinajstić information content (AvgIpc) is 2.86. The van der Waals surface area contributed by atoms with E-state index in [-0.39, 0.29) is 23.1 Å². The first-order valence-electron chi connectivity index (χ1n) is 8.28. The van der Waals surface area contributed by atoms with E-state index in [1.54, 1.807) is 24.3 Å². The Morgan fingerprint density at radius 3 is 2.65 bits per heavy atom. The van der Waals surface area contributed by atoms with Crippen molar-refractivity contribution in [1.29, 1.82) is 0 Å². The number of aliphatic carboxylic acids is 1. The lowest BCUT2D eigenvalue weighted by Crippen LogP contribution is -2.31. The highest BCUT2D eigenvalue weighted by atomic mass is 35.5. The van der Waals surface area contributed by atoms with Crippen LogP contribution < -0.4 is 10.9 Å². The summed E-state index contributed by atoms with van der Waals surface area (Å²) in [6, 6.07) is 5.81. The maximum atomic E-state index is 12.8. The Bertz CT molecular complexity index is 906. The first-order valence-corrected chi connectivity index (χ1v) is 8.65. The third kappa shape index (κ3) is 3.26. The van der Waals surface area contributed by atoms with Gasteiger partial charge in [-0.25, -0.2) is 9.78 Å². The highest BCUT2D eigenvalue weighted by Gasteiger charge is 2.44. The van der Waals surface area contributed by atoms with Gasteiger partial charge in [0.05, 0.1) is 5.69 Å². The number of anilines is 1. The van der Waals surface area contributed by atoms with E-state index in [1.807, 2.05) is 13.8 Å². The van der Waals surface area contributed by atoms with Crippen LogP contribution in [0, 0.1) is 0 Å². The molecule has 0 unspecified atom stereocenters. The minimum atomic E-state index is -1.06. The first kappa shape index (κ1) is 18.3. The highest BCUT2D eigenvalue weighted by Crippen LogP contribution is 2.42. The van der Waals surface area contributed by atoms with Crippen molar-refractivity contribution >= 4 is 23.4 Å². The van der Waals surface area contributed by atoms with Crippen molar-refractivity contribution in [2.75, 3.05) is 11.9 Å². The van der Waals surface area contributed by atoms with E-state index < -0.39 is 23.0 Å². The van der Waals surface area contributed by atoms with Gasteiger partial charge >= 0.3 is 5.97 Å². The Morgan fingerprint density at radius 2 is 2.04 bits per heavy atom. The largest absolute Gasteiger partial charge is 0.508 e. The molecule has 1 aromatic carbocycles. The lowest BCUT2D eigenvalue weighted by Gasteiger charge is -2.19. The van der Waals surface area contributed by atoms with Gasteiger partial charge in [0, 0.05) is 12.0 Å². The van der Waals surface area contributed by atoms with Crippen LogP contribution in [0.15, 0.2) is 29.1 Å². The van der Waals surface area contributed by atoms with E-state index in [1.165, 1.54) is 4.57 Å². The molecular weight excluding hydrogens is 358 g/mol. The topological polar surface area (TPSA) is 104 Å². The Labute approximate surface area is 155 Å². The third-order valence-electron chi connectivity index (χ3n) is 4.65.